The van der Waals surface area contributed by atoms with Crippen molar-refractivity contribution in [3.8, 4) is 0 Å². The van der Waals surface area contributed by atoms with Crippen molar-refractivity contribution in [2.24, 2.45) is 22.7 Å². The van der Waals surface area contributed by atoms with Crippen molar-refractivity contribution in [3.63, 3.8) is 0 Å². The molecule has 262 valence electrons. The standard InChI is InChI=1S/C20H33NO4.C17H29NO3/c1-19(2,3)25-18(23)21-14-12-20(13-15-21,11-10-17(22)24-4)16-8-6-5-7-9-16;1-16(2,3)21-15(20)18-11-9-17(13-19,10-12-18)14-7-5-4-6-8-14/h10-11,16H,5-9,12-15H2,1-4H3;13-14H,4-12H2,1-3H3/b11-10+;. The van der Waals surface area contributed by atoms with Gasteiger partial charge in [0.2, 0.25) is 0 Å². The molecule has 0 aromatic rings. The van der Waals surface area contributed by atoms with Crippen molar-refractivity contribution in [3.05, 3.63) is 12.2 Å². The van der Waals surface area contributed by atoms with Gasteiger partial charge in [-0.1, -0.05) is 44.6 Å². The van der Waals surface area contributed by atoms with E-state index in [-0.39, 0.29) is 29.0 Å². The van der Waals surface area contributed by atoms with Gasteiger partial charge in [0.25, 0.3) is 0 Å². The SMILES string of the molecule is CC(C)(C)OC(=O)N1CCC(C=O)(C2CCCCC2)CC1.COC(=O)/C=C/C1(C2CCCCC2)CCN(C(=O)OC(C)(C)C)CC1. The van der Waals surface area contributed by atoms with Crippen molar-refractivity contribution in [2.45, 2.75) is 143 Å². The van der Waals surface area contributed by atoms with E-state index in [1.54, 1.807) is 15.9 Å². The number of piperidine rings is 2. The maximum atomic E-state index is 12.3. The van der Waals surface area contributed by atoms with Crippen LogP contribution >= 0.6 is 0 Å². The van der Waals surface area contributed by atoms with Gasteiger partial charge in [0.1, 0.15) is 17.5 Å². The van der Waals surface area contributed by atoms with Crippen LogP contribution in [0.4, 0.5) is 9.59 Å². The molecule has 46 heavy (non-hydrogen) atoms. The Hall–Kier alpha value is -2.58. The average Bonchev–Trinajstić information content (AvgIpc) is 3.03. The number of aldehydes is 1. The lowest BCUT2D eigenvalue weighted by Gasteiger charge is -2.46. The van der Waals surface area contributed by atoms with Crippen LogP contribution in [0.1, 0.15) is 131 Å². The van der Waals surface area contributed by atoms with Gasteiger partial charge in [0.05, 0.1) is 7.11 Å². The van der Waals surface area contributed by atoms with E-state index in [4.69, 9.17) is 14.2 Å². The molecule has 0 unspecified atom stereocenters. The lowest BCUT2D eigenvalue weighted by Crippen LogP contribution is -2.48. The summed E-state index contributed by atoms with van der Waals surface area (Å²) in [6.45, 7) is 14.0. The van der Waals surface area contributed by atoms with E-state index in [2.05, 4.69) is 6.08 Å². The zero-order chi connectivity index (χ0) is 34.0. The molecule has 0 N–H and O–H groups in total. The molecule has 2 aliphatic carbocycles. The molecule has 2 heterocycles. The van der Waals surface area contributed by atoms with E-state index >= 15 is 0 Å². The number of hydrogen-bond acceptors (Lipinski definition) is 7. The van der Waals surface area contributed by atoms with Gasteiger partial charge in [-0.25, -0.2) is 14.4 Å². The molecule has 0 atom stereocenters. The number of rotatable bonds is 5. The number of carbonyl (C=O) groups excluding carboxylic acids is 4. The van der Waals surface area contributed by atoms with E-state index in [0.29, 0.717) is 38.0 Å². The number of carbonyl (C=O) groups is 4. The summed E-state index contributed by atoms with van der Waals surface area (Å²) >= 11 is 0. The normalized spacial score (nSPS) is 22.8. The first kappa shape index (κ1) is 37.9. The Kier molecular flexibility index (Phi) is 13.6. The highest BCUT2D eigenvalue weighted by molar-refractivity contribution is 5.81. The van der Waals surface area contributed by atoms with Crippen molar-refractivity contribution in [2.75, 3.05) is 33.3 Å². The molecule has 0 bridgehead atoms. The van der Waals surface area contributed by atoms with Crippen LogP contribution in [0.25, 0.3) is 0 Å². The largest absolute Gasteiger partial charge is 0.466 e. The molecule has 0 aromatic heterocycles. The zero-order valence-electron chi connectivity index (χ0n) is 29.9. The first-order valence-corrected chi connectivity index (χ1v) is 17.8. The minimum Gasteiger partial charge on any atom is -0.466 e. The number of amides is 2. The van der Waals surface area contributed by atoms with Crippen LogP contribution in [-0.4, -0.2) is 78.7 Å². The topological polar surface area (TPSA) is 102 Å². The second kappa shape index (κ2) is 16.5. The van der Waals surface area contributed by atoms with Crippen molar-refractivity contribution in [1.82, 2.24) is 9.80 Å². The molecule has 9 nitrogen and oxygen atoms in total. The minimum atomic E-state index is -0.472. The monoisotopic (exact) mass is 646 g/mol. The molecule has 0 radical (unpaired) electrons. The summed E-state index contributed by atoms with van der Waals surface area (Å²) in [6.07, 6.45) is 20.1. The van der Waals surface area contributed by atoms with Crippen LogP contribution in [-0.2, 0) is 23.8 Å². The highest BCUT2D eigenvalue weighted by Crippen LogP contribution is 2.47. The maximum absolute atomic E-state index is 12.3. The highest BCUT2D eigenvalue weighted by atomic mass is 16.6. The van der Waals surface area contributed by atoms with Crippen LogP contribution in [0.15, 0.2) is 12.2 Å². The van der Waals surface area contributed by atoms with Crippen LogP contribution in [0.3, 0.4) is 0 Å². The molecule has 2 saturated heterocycles. The Bertz CT molecular complexity index is 1030. The second-order valence-corrected chi connectivity index (χ2v) is 16.0. The van der Waals surface area contributed by atoms with E-state index in [0.717, 1.165) is 25.7 Å². The van der Waals surface area contributed by atoms with Crippen molar-refractivity contribution >= 4 is 24.4 Å². The summed E-state index contributed by atoms with van der Waals surface area (Å²) in [6, 6.07) is 0. The number of likely N-dealkylation sites (tertiary alicyclic amines) is 2. The predicted octanol–water partition coefficient (Wildman–Crippen LogP) is 8.10. The number of methoxy groups -OCH3 is 1. The predicted molar refractivity (Wildman–Crippen MR) is 179 cm³/mol. The molecule has 2 aliphatic heterocycles. The minimum absolute atomic E-state index is 0.00682. The molecule has 9 heteroatoms. The summed E-state index contributed by atoms with van der Waals surface area (Å²) in [5, 5.41) is 0. The smallest absolute Gasteiger partial charge is 0.410 e. The van der Waals surface area contributed by atoms with Crippen LogP contribution < -0.4 is 0 Å². The molecule has 4 aliphatic rings. The molecule has 4 fully saturated rings. The summed E-state index contributed by atoms with van der Waals surface area (Å²) < 4.78 is 15.7. The van der Waals surface area contributed by atoms with Gasteiger partial charge in [-0.3, -0.25) is 0 Å². The first-order valence-electron chi connectivity index (χ1n) is 17.8. The number of nitrogens with zero attached hydrogens (tertiary/aromatic N) is 2. The van der Waals surface area contributed by atoms with Gasteiger partial charge < -0.3 is 28.8 Å². The van der Waals surface area contributed by atoms with Gasteiger partial charge in [-0.05, 0) is 110 Å². The first-order chi connectivity index (χ1) is 21.6. The van der Waals surface area contributed by atoms with E-state index in [9.17, 15) is 19.2 Å². The molecule has 0 spiro atoms. The fraction of sp³-hybridized carbons (Fsp3) is 0.838. The Morgan fingerprint density at radius 3 is 1.35 bits per heavy atom. The third-order valence-corrected chi connectivity index (χ3v) is 10.5. The molecule has 0 aromatic carbocycles. The maximum Gasteiger partial charge on any atom is 0.410 e. The van der Waals surface area contributed by atoms with Crippen LogP contribution in [0.2, 0.25) is 0 Å². The summed E-state index contributed by atoms with van der Waals surface area (Å²) in [5.41, 5.74) is -1.13. The number of allylic oxidation sites excluding steroid dienone is 1. The summed E-state index contributed by atoms with van der Waals surface area (Å²) in [7, 11) is 1.41. The van der Waals surface area contributed by atoms with Crippen molar-refractivity contribution in [1.29, 1.82) is 0 Å². The van der Waals surface area contributed by atoms with E-state index < -0.39 is 11.2 Å². The third kappa shape index (κ3) is 11.0. The van der Waals surface area contributed by atoms with Gasteiger partial charge >= 0.3 is 18.2 Å². The fourth-order valence-corrected chi connectivity index (χ4v) is 7.85. The molecule has 4 rings (SSSR count). The lowest BCUT2D eigenvalue weighted by atomic mass is 9.63. The van der Waals surface area contributed by atoms with Gasteiger partial charge in [0, 0.05) is 37.7 Å². The Morgan fingerprint density at radius 2 is 1.00 bits per heavy atom. The summed E-state index contributed by atoms with van der Waals surface area (Å²) in [5.74, 6) is 0.803. The van der Waals surface area contributed by atoms with Crippen LogP contribution in [0.5, 0.6) is 0 Å². The Balaban J connectivity index is 0.000000254. The fourth-order valence-electron chi connectivity index (χ4n) is 7.85. The Labute approximate surface area is 278 Å². The third-order valence-electron chi connectivity index (χ3n) is 10.5. The number of esters is 1. The van der Waals surface area contributed by atoms with Crippen molar-refractivity contribution < 1.29 is 33.4 Å². The molecule has 2 saturated carbocycles. The highest BCUT2D eigenvalue weighted by Gasteiger charge is 2.43. The number of hydrogen-bond donors (Lipinski definition) is 0. The van der Waals surface area contributed by atoms with E-state index in [1.807, 2.05) is 41.5 Å². The Morgan fingerprint density at radius 1 is 0.630 bits per heavy atom. The van der Waals surface area contributed by atoms with E-state index in [1.165, 1.54) is 77.6 Å². The molecular weight excluding hydrogens is 584 g/mol. The zero-order valence-corrected chi connectivity index (χ0v) is 29.9. The lowest BCUT2D eigenvalue weighted by molar-refractivity contribution is -0.135. The molecule has 2 amide bonds. The average molecular weight is 647 g/mol. The van der Waals surface area contributed by atoms with Crippen LogP contribution in [0, 0.1) is 22.7 Å². The van der Waals surface area contributed by atoms with Gasteiger partial charge in [-0.2, -0.15) is 0 Å². The second-order valence-electron chi connectivity index (χ2n) is 16.0. The summed E-state index contributed by atoms with van der Waals surface area (Å²) in [4.78, 5) is 51.4. The van der Waals surface area contributed by atoms with Gasteiger partial charge in [-0.15, -0.1) is 0 Å². The number of ether oxygens (including phenoxy) is 3. The van der Waals surface area contributed by atoms with Gasteiger partial charge in [0.15, 0.2) is 0 Å². The quantitative estimate of drug-likeness (QED) is 0.129. The molecular formula is C37H62N2O7.